The van der Waals surface area contributed by atoms with Crippen LogP contribution in [0.3, 0.4) is 0 Å². The zero-order valence-electron chi connectivity index (χ0n) is 20.6. The Morgan fingerprint density at radius 3 is 2.53 bits per heavy atom. The van der Waals surface area contributed by atoms with E-state index in [0.29, 0.717) is 26.6 Å². The largest absolute Gasteiger partial charge is 0.353 e. The van der Waals surface area contributed by atoms with Gasteiger partial charge in [0, 0.05) is 22.7 Å². The monoisotopic (exact) mass is 526 g/mol. The SMILES string of the molecule is CC(C)NC(=O)c1ccc(Cn2c(SCC(=O)NC3CCCCC3)nc3ccc(Cl)cc3c2=O)cc1. The first-order valence-corrected chi connectivity index (χ1v) is 13.7. The van der Waals surface area contributed by atoms with Crippen LogP contribution in [0.25, 0.3) is 10.9 Å². The fraction of sp³-hybridized carbons (Fsp3) is 0.407. The lowest BCUT2D eigenvalue weighted by atomic mass is 9.95. The number of carbonyl (C=O) groups excluding carboxylic acids is 2. The van der Waals surface area contributed by atoms with E-state index in [4.69, 9.17) is 16.6 Å². The summed E-state index contributed by atoms with van der Waals surface area (Å²) in [6, 6.07) is 12.5. The van der Waals surface area contributed by atoms with Crippen LogP contribution in [0.1, 0.15) is 61.9 Å². The van der Waals surface area contributed by atoms with E-state index in [9.17, 15) is 14.4 Å². The Labute approximate surface area is 220 Å². The molecule has 3 aromatic rings. The highest BCUT2D eigenvalue weighted by atomic mass is 35.5. The van der Waals surface area contributed by atoms with E-state index in [1.807, 2.05) is 26.0 Å². The number of aromatic nitrogens is 2. The molecule has 190 valence electrons. The van der Waals surface area contributed by atoms with Crippen LogP contribution in [0.4, 0.5) is 0 Å². The summed E-state index contributed by atoms with van der Waals surface area (Å²) < 4.78 is 1.57. The van der Waals surface area contributed by atoms with Gasteiger partial charge in [-0.1, -0.05) is 54.8 Å². The molecule has 9 heteroatoms. The number of nitrogens with one attached hydrogen (secondary N) is 2. The van der Waals surface area contributed by atoms with Crippen molar-refractivity contribution in [2.24, 2.45) is 0 Å². The van der Waals surface area contributed by atoms with Gasteiger partial charge in [-0.3, -0.25) is 19.0 Å². The average molecular weight is 527 g/mol. The Bertz CT molecular complexity index is 1300. The third-order valence-corrected chi connectivity index (χ3v) is 7.37. The summed E-state index contributed by atoms with van der Waals surface area (Å²) in [6.07, 6.45) is 5.54. The molecule has 1 aromatic heterocycles. The van der Waals surface area contributed by atoms with Crippen molar-refractivity contribution in [3.8, 4) is 0 Å². The van der Waals surface area contributed by atoms with Gasteiger partial charge in [0.2, 0.25) is 5.91 Å². The minimum atomic E-state index is -0.223. The fourth-order valence-corrected chi connectivity index (χ4v) is 5.34. The molecule has 1 aliphatic rings. The molecule has 0 radical (unpaired) electrons. The second-order valence-corrected chi connectivity index (χ2v) is 10.8. The maximum atomic E-state index is 13.5. The van der Waals surface area contributed by atoms with E-state index >= 15 is 0 Å². The van der Waals surface area contributed by atoms with E-state index in [0.717, 1.165) is 31.2 Å². The number of benzene rings is 2. The first kappa shape index (κ1) is 26.2. The number of hydrogen-bond donors (Lipinski definition) is 2. The van der Waals surface area contributed by atoms with Crippen molar-refractivity contribution in [1.82, 2.24) is 20.2 Å². The van der Waals surface area contributed by atoms with Crippen LogP contribution in [0.5, 0.6) is 0 Å². The highest BCUT2D eigenvalue weighted by Crippen LogP contribution is 2.22. The number of halogens is 1. The zero-order valence-corrected chi connectivity index (χ0v) is 22.1. The average Bonchev–Trinajstić information content (AvgIpc) is 2.85. The minimum absolute atomic E-state index is 0.0427. The van der Waals surface area contributed by atoms with Gasteiger partial charge in [0.1, 0.15) is 0 Å². The van der Waals surface area contributed by atoms with Gasteiger partial charge in [-0.2, -0.15) is 0 Å². The molecule has 4 rings (SSSR count). The van der Waals surface area contributed by atoms with Crippen molar-refractivity contribution in [2.75, 3.05) is 5.75 Å². The number of hydrogen-bond acceptors (Lipinski definition) is 5. The fourth-order valence-electron chi connectivity index (χ4n) is 4.36. The molecule has 0 aliphatic heterocycles. The predicted molar refractivity (Wildman–Crippen MR) is 145 cm³/mol. The van der Waals surface area contributed by atoms with E-state index in [1.54, 1.807) is 34.9 Å². The maximum absolute atomic E-state index is 13.5. The Hall–Kier alpha value is -2.84. The lowest BCUT2D eigenvalue weighted by molar-refractivity contribution is -0.119. The molecule has 0 spiro atoms. The van der Waals surface area contributed by atoms with Gasteiger partial charge in [-0.05, 0) is 62.6 Å². The molecule has 0 unspecified atom stereocenters. The highest BCUT2D eigenvalue weighted by Gasteiger charge is 2.18. The van der Waals surface area contributed by atoms with Gasteiger partial charge in [-0.25, -0.2) is 4.98 Å². The minimum Gasteiger partial charge on any atom is -0.353 e. The van der Waals surface area contributed by atoms with Crippen molar-refractivity contribution in [2.45, 2.75) is 69.7 Å². The van der Waals surface area contributed by atoms with Crippen LogP contribution in [-0.4, -0.2) is 39.2 Å². The first-order chi connectivity index (χ1) is 17.3. The van der Waals surface area contributed by atoms with E-state index < -0.39 is 0 Å². The number of thioether (sulfide) groups is 1. The van der Waals surface area contributed by atoms with Crippen LogP contribution >= 0.6 is 23.4 Å². The van der Waals surface area contributed by atoms with Gasteiger partial charge in [0.05, 0.1) is 23.2 Å². The van der Waals surface area contributed by atoms with Crippen molar-refractivity contribution in [3.63, 3.8) is 0 Å². The molecule has 1 saturated carbocycles. The molecule has 0 bridgehead atoms. The van der Waals surface area contributed by atoms with Gasteiger partial charge >= 0.3 is 0 Å². The summed E-state index contributed by atoms with van der Waals surface area (Å²) in [5, 5.41) is 7.34. The zero-order chi connectivity index (χ0) is 25.7. The maximum Gasteiger partial charge on any atom is 0.262 e. The summed E-state index contributed by atoms with van der Waals surface area (Å²) >= 11 is 7.40. The van der Waals surface area contributed by atoms with Gasteiger partial charge < -0.3 is 10.6 Å². The molecule has 2 aromatic carbocycles. The summed E-state index contributed by atoms with van der Waals surface area (Å²) in [4.78, 5) is 43.0. The number of carbonyl (C=O) groups is 2. The van der Waals surface area contributed by atoms with Gasteiger partial charge in [0.15, 0.2) is 5.16 Å². The normalized spacial score (nSPS) is 14.2. The molecule has 7 nitrogen and oxygen atoms in total. The molecule has 1 fully saturated rings. The molecule has 2 N–H and O–H groups in total. The highest BCUT2D eigenvalue weighted by molar-refractivity contribution is 7.99. The van der Waals surface area contributed by atoms with Crippen LogP contribution < -0.4 is 16.2 Å². The van der Waals surface area contributed by atoms with E-state index in [-0.39, 0.29) is 41.8 Å². The van der Waals surface area contributed by atoms with Gasteiger partial charge in [0.25, 0.3) is 11.5 Å². The first-order valence-electron chi connectivity index (χ1n) is 12.3. The molecule has 0 atom stereocenters. The summed E-state index contributed by atoms with van der Waals surface area (Å²) in [7, 11) is 0. The Morgan fingerprint density at radius 1 is 1.11 bits per heavy atom. The van der Waals surface area contributed by atoms with Crippen molar-refractivity contribution < 1.29 is 9.59 Å². The standard InChI is InChI=1S/C27H31ClN4O3S/c1-17(2)29-25(34)19-10-8-18(9-11-19)15-32-26(35)22-14-20(28)12-13-23(22)31-27(32)36-16-24(33)30-21-6-4-3-5-7-21/h8-14,17,21H,3-7,15-16H2,1-2H3,(H,29,34)(H,30,33). The Kier molecular flexibility index (Phi) is 8.69. The smallest absolute Gasteiger partial charge is 0.262 e. The van der Waals surface area contributed by atoms with Crippen LogP contribution in [-0.2, 0) is 11.3 Å². The summed E-state index contributed by atoms with van der Waals surface area (Å²) in [5.41, 5.74) is 1.71. The van der Waals surface area contributed by atoms with Crippen molar-refractivity contribution in [1.29, 1.82) is 0 Å². The quantitative estimate of drug-likeness (QED) is 0.325. The number of amides is 2. The molecule has 1 heterocycles. The topological polar surface area (TPSA) is 93.1 Å². The van der Waals surface area contributed by atoms with Crippen molar-refractivity contribution in [3.05, 3.63) is 69.0 Å². The van der Waals surface area contributed by atoms with Crippen LogP contribution in [0.15, 0.2) is 52.4 Å². The van der Waals surface area contributed by atoms with Gasteiger partial charge in [-0.15, -0.1) is 0 Å². The summed E-state index contributed by atoms with van der Waals surface area (Å²) in [5.74, 6) is -0.0172. The molecule has 1 aliphatic carbocycles. The third kappa shape index (κ3) is 6.68. The lowest BCUT2D eigenvalue weighted by Gasteiger charge is -2.22. The van der Waals surface area contributed by atoms with Crippen molar-refractivity contribution >= 4 is 46.1 Å². The second kappa shape index (κ2) is 11.9. The van der Waals surface area contributed by atoms with E-state index in [1.165, 1.54) is 18.2 Å². The lowest BCUT2D eigenvalue weighted by Crippen LogP contribution is -2.37. The Morgan fingerprint density at radius 2 is 1.83 bits per heavy atom. The summed E-state index contributed by atoms with van der Waals surface area (Å²) in [6.45, 7) is 4.07. The predicted octanol–water partition coefficient (Wildman–Crippen LogP) is 4.78. The molecular weight excluding hydrogens is 496 g/mol. The number of rotatable bonds is 8. The van der Waals surface area contributed by atoms with Crippen LogP contribution in [0, 0.1) is 0 Å². The molecule has 2 amide bonds. The van der Waals surface area contributed by atoms with E-state index in [2.05, 4.69) is 10.6 Å². The third-order valence-electron chi connectivity index (χ3n) is 6.16. The molecule has 36 heavy (non-hydrogen) atoms. The number of fused-ring (bicyclic) bond motifs is 1. The molecular formula is C27H31ClN4O3S. The molecule has 0 saturated heterocycles. The van der Waals surface area contributed by atoms with Crippen LogP contribution in [0.2, 0.25) is 5.02 Å². The second-order valence-electron chi connectivity index (χ2n) is 9.46. The Balaban J connectivity index is 1.57. The number of nitrogens with zero attached hydrogens (tertiary/aromatic N) is 2.